The monoisotopic (exact) mass is 605 g/mol. The summed E-state index contributed by atoms with van der Waals surface area (Å²) in [6.45, 7) is 10.6. The molecule has 0 saturated heterocycles. The fourth-order valence-electron chi connectivity index (χ4n) is 4.98. The van der Waals surface area contributed by atoms with Crippen molar-refractivity contribution in [3.05, 3.63) is 97.3 Å². The molecule has 0 bridgehead atoms. The molecule has 0 radical (unpaired) electrons. The number of benzene rings is 3. The fraction of sp³-hybridized carbons (Fsp3) is 0.371. The summed E-state index contributed by atoms with van der Waals surface area (Å²) in [5, 5.41) is 14.7. The number of aromatic hydroxyl groups is 1. The van der Waals surface area contributed by atoms with Crippen LogP contribution in [-0.4, -0.2) is 19.3 Å². The van der Waals surface area contributed by atoms with E-state index in [1.54, 1.807) is 14.2 Å². The second-order valence-corrected chi connectivity index (χ2v) is 13.2. The molecular weight excluding hydrogens is 558 g/mol. The van der Waals surface area contributed by atoms with E-state index in [0.717, 1.165) is 44.1 Å². The van der Waals surface area contributed by atoms with Crippen LogP contribution in [-0.2, 0) is 21.9 Å². The third kappa shape index (κ3) is 8.79. The number of methoxy groups -OCH3 is 2. The summed E-state index contributed by atoms with van der Waals surface area (Å²) in [6.07, 6.45) is 13.5. The first kappa shape index (κ1) is 35.6. The van der Waals surface area contributed by atoms with Crippen LogP contribution in [0.25, 0.3) is 0 Å². The molecule has 220 valence electrons. The number of rotatable bonds is 5. The quantitative estimate of drug-likeness (QED) is 0.139. The van der Waals surface area contributed by atoms with Crippen LogP contribution in [0.15, 0.2) is 66.7 Å². The van der Waals surface area contributed by atoms with Gasteiger partial charge in [-0.05, 0) is 55.0 Å². The second-order valence-electron chi connectivity index (χ2n) is 10.9. The number of phenolic OH excluding ortho intramolecular Hbond substituents is 1. The first-order valence-corrected chi connectivity index (χ1v) is 15.1. The fourth-order valence-corrected chi connectivity index (χ4v) is 8.22. The van der Waals surface area contributed by atoms with Gasteiger partial charge in [0.1, 0.15) is 23.8 Å². The van der Waals surface area contributed by atoms with Crippen molar-refractivity contribution in [3.63, 3.8) is 0 Å². The molecule has 40 heavy (non-hydrogen) atoms. The summed E-state index contributed by atoms with van der Waals surface area (Å²) in [6, 6.07) is 18.4. The van der Waals surface area contributed by atoms with Gasteiger partial charge >= 0.3 is 0 Å². The standard InChI is InChI=1S/C26H31O3P.C8H13.CH3.Ni/c1-17-11-8-14-20(28-6)24(17)30(25-18(2)12-9-15-21(25)29-7)22-16-10-13-19(23(22)27)26(3,4)5;1-2-4-6-8-7-5-3-1;;/h8-16,27H,1-7H3;1-2,7H,3-6,8H2;1H3;/q;-1;+1;/p+1/b;2-1-;;. The minimum Gasteiger partial charge on any atom is -0.504 e. The zero-order valence-electron chi connectivity index (χ0n) is 25.5. The molecule has 1 aliphatic carbocycles. The molecule has 5 heteroatoms. The van der Waals surface area contributed by atoms with Crippen molar-refractivity contribution >= 4 is 23.8 Å². The molecule has 3 aromatic carbocycles. The third-order valence-electron chi connectivity index (χ3n) is 7.01. The van der Waals surface area contributed by atoms with E-state index in [0.29, 0.717) is 5.75 Å². The maximum atomic E-state index is 11.5. The zero-order valence-corrected chi connectivity index (χ0v) is 27.5. The molecule has 3 nitrogen and oxygen atoms in total. The number of phenols is 1. The Labute approximate surface area is 255 Å². The Morgan fingerprint density at radius 3 is 1.82 bits per heavy atom. The van der Waals surface area contributed by atoms with Crippen LogP contribution in [0.3, 0.4) is 0 Å². The van der Waals surface area contributed by atoms with E-state index >= 15 is 0 Å². The third-order valence-corrected chi connectivity index (χ3v) is 10.2. The minimum absolute atomic E-state index is 0. The molecule has 3 aromatic rings. The number of para-hydroxylation sites is 1. The van der Waals surface area contributed by atoms with Gasteiger partial charge in [0.05, 0.1) is 14.2 Å². The molecule has 0 fully saturated rings. The van der Waals surface area contributed by atoms with Gasteiger partial charge in [-0.1, -0.05) is 82.2 Å². The largest absolute Gasteiger partial charge is 0.504 e. The smallest absolute Gasteiger partial charge is 0.162 e. The average molecular weight is 606 g/mol. The van der Waals surface area contributed by atoms with E-state index in [1.807, 2.05) is 30.3 Å². The Hall–Kier alpha value is -2.41. The van der Waals surface area contributed by atoms with Gasteiger partial charge in [-0.2, -0.15) is 12.8 Å². The van der Waals surface area contributed by atoms with Crippen molar-refractivity contribution in [2.24, 2.45) is 0 Å². The topological polar surface area (TPSA) is 38.7 Å². The van der Waals surface area contributed by atoms with Gasteiger partial charge in [0.15, 0.2) is 17.2 Å². The molecule has 0 atom stereocenters. The summed E-state index contributed by atoms with van der Waals surface area (Å²) in [5.74, 6) is 2.05. The average Bonchev–Trinajstić information content (AvgIpc) is 2.86. The SMILES string of the molecule is C1=C\CCC[CH-]CC/1.COc1cccc(C)c1[PH+](c1cccc(C(C)(C)C)c1O)c1c(C)cccc1OC.[CH3+].[Ni]. The number of hydrogen-bond donors (Lipinski definition) is 1. The van der Waals surface area contributed by atoms with E-state index in [1.165, 1.54) is 32.1 Å². The van der Waals surface area contributed by atoms with Crippen molar-refractivity contribution < 1.29 is 31.1 Å². The second kappa shape index (κ2) is 16.8. The summed E-state index contributed by atoms with van der Waals surface area (Å²) in [7, 11) is 1.78. The predicted octanol–water partition coefficient (Wildman–Crippen LogP) is 7.97. The van der Waals surface area contributed by atoms with E-state index in [9.17, 15) is 5.11 Å². The first-order chi connectivity index (χ1) is 18.2. The summed E-state index contributed by atoms with van der Waals surface area (Å²) < 4.78 is 11.6. The molecule has 0 aromatic heterocycles. The van der Waals surface area contributed by atoms with Gasteiger partial charge in [0, 0.05) is 29.5 Å². The van der Waals surface area contributed by atoms with Crippen LogP contribution in [0.5, 0.6) is 17.2 Å². The molecule has 0 aliphatic heterocycles. The van der Waals surface area contributed by atoms with Gasteiger partial charge < -0.3 is 21.0 Å². The normalized spacial score (nSPS) is 13.9. The molecule has 0 spiro atoms. The summed E-state index contributed by atoms with van der Waals surface area (Å²) in [5.41, 5.74) is 3.07. The zero-order chi connectivity index (χ0) is 27.7. The van der Waals surface area contributed by atoms with Gasteiger partial charge in [-0.15, -0.1) is 0 Å². The van der Waals surface area contributed by atoms with Crippen molar-refractivity contribution in [3.8, 4) is 17.2 Å². The Kier molecular flexibility index (Phi) is 14.9. The van der Waals surface area contributed by atoms with Gasteiger partial charge in [-0.3, -0.25) is 0 Å². The van der Waals surface area contributed by atoms with Gasteiger partial charge in [0.25, 0.3) is 0 Å². The molecule has 0 heterocycles. The van der Waals surface area contributed by atoms with Crippen molar-refractivity contribution in [1.29, 1.82) is 0 Å². The molecule has 1 aliphatic rings. The Morgan fingerprint density at radius 1 is 0.775 bits per heavy atom. The molecule has 1 N–H and O–H groups in total. The minimum atomic E-state index is -1.63. The van der Waals surface area contributed by atoms with Crippen molar-refractivity contribution in [2.45, 2.75) is 72.1 Å². The molecular formula is C35H48NiO3P+. The van der Waals surface area contributed by atoms with Crippen LogP contribution in [0.2, 0.25) is 0 Å². The van der Waals surface area contributed by atoms with E-state index in [-0.39, 0.29) is 29.3 Å². The van der Waals surface area contributed by atoms with E-state index < -0.39 is 7.92 Å². The van der Waals surface area contributed by atoms with Crippen LogP contribution in [0.4, 0.5) is 0 Å². The molecule has 0 saturated carbocycles. The first-order valence-electron chi connectivity index (χ1n) is 13.6. The van der Waals surface area contributed by atoms with Crippen LogP contribution < -0.4 is 25.4 Å². The van der Waals surface area contributed by atoms with Crippen LogP contribution in [0, 0.1) is 27.7 Å². The van der Waals surface area contributed by atoms with E-state index in [4.69, 9.17) is 9.47 Å². The Balaban J connectivity index is 0.000000690. The molecule has 0 unspecified atom stereocenters. The molecule has 0 amide bonds. The van der Waals surface area contributed by atoms with Gasteiger partial charge in [0.2, 0.25) is 0 Å². The summed E-state index contributed by atoms with van der Waals surface area (Å²) >= 11 is 0. The Bertz CT molecular complexity index is 1170. The summed E-state index contributed by atoms with van der Waals surface area (Å²) in [4.78, 5) is 0. The van der Waals surface area contributed by atoms with Crippen LogP contribution >= 0.6 is 7.92 Å². The molecule has 4 rings (SSSR count). The van der Waals surface area contributed by atoms with Gasteiger partial charge in [-0.25, -0.2) is 0 Å². The number of aryl methyl sites for hydroxylation is 2. The Morgan fingerprint density at radius 2 is 1.30 bits per heavy atom. The van der Waals surface area contributed by atoms with Crippen LogP contribution in [0.1, 0.15) is 69.6 Å². The maximum Gasteiger partial charge on any atom is 0.162 e. The van der Waals surface area contributed by atoms with Crippen molar-refractivity contribution in [1.82, 2.24) is 0 Å². The maximum absolute atomic E-state index is 11.5. The van der Waals surface area contributed by atoms with Crippen molar-refractivity contribution in [2.75, 3.05) is 14.2 Å². The van der Waals surface area contributed by atoms with E-state index in [2.05, 4.69) is 77.5 Å². The predicted molar refractivity (Wildman–Crippen MR) is 172 cm³/mol. The number of allylic oxidation sites excluding steroid dienone is 2. The number of ether oxygens (including phenoxy) is 2. The number of hydrogen-bond acceptors (Lipinski definition) is 3.